The highest BCUT2D eigenvalue weighted by Crippen LogP contribution is 2.35. The molecule has 0 saturated heterocycles. The Labute approximate surface area is 120 Å². The van der Waals surface area contributed by atoms with Gasteiger partial charge in [-0.2, -0.15) is 13.2 Å². The van der Waals surface area contributed by atoms with Crippen molar-refractivity contribution in [1.29, 1.82) is 0 Å². The van der Waals surface area contributed by atoms with E-state index in [1.54, 1.807) is 13.0 Å². The molecule has 0 spiro atoms. The van der Waals surface area contributed by atoms with Crippen molar-refractivity contribution in [2.24, 2.45) is 5.73 Å². The van der Waals surface area contributed by atoms with E-state index in [0.29, 0.717) is 17.5 Å². The highest BCUT2D eigenvalue weighted by Gasteiger charge is 2.34. The molecule has 0 bridgehead atoms. The summed E-state index contributed by atoms with van der Waals surface area (Å²) in [7, 11) is 0. The average Bonchev–Trinajstić information content (AvgIpc) is 2.45. The van der Waals surface area contributed by atoms with Gasteiger partial charge >= 0.3 is 6.18 Å². The lowest BCUT2D eigenvalue weighted by molar-refractivity contribution is -0.137. The van der Waals surface area contributed by atoms with Crippen molar-refractivity contribution in [1.82, 2.24) is 0 Å². The molecule has 0 radical (unpaired) electrons. The number of halogens is 4. The minimum atomic E-state index is -4.44. The smallest absolute Gasteiger partial charge is 0.318 e. The molecule has 21 heavy (non-hydrogen) atoms. The van der Waals surface area contributed by atoms with E-state index in [-0.39, 0.29) is 0 Å². The lowest BCUT2D eigenvalue weighted by Crippen LogP contribution is -2.37. The van der Waals surface area contributed by atoms with Gasteiger partial charge in [-0.05, 0) is 41.8 Å². The van der Waals surface area contributed by atoms with E-state index in [2.05, 4.69) is 0 Å². The minimum absolute atomic E-state index is 0.311. The Morgan fingerprint density at radius 2 is 1.43 bits per heavy atom. The topological polar surface area (TPSA) is 26.0 Å². The molecule has 2 aromatic rings. The van der Waals surface area contributed by atoms with E-state index in [1.165, 1.54) is 30.3 Å². The maximum absolute atomic E-state index is 13.4. The molecular formula is C16H15F4N. The Morgan fingerprint density at radius 3 is 1.95 bits per heavy atom. The molecule has 5 heteroatoms. The van der Waals surface area contributed by atoms with E-state index >= 15 is 0 Å². The third-order valence-corrected chi connectivity index (χ3v) is 3.60. The summed E-state index contributed by atoms with van der Waals surface area (Å²) < 4.78 is 51.9. The van der Waals surface area contributed by atoms with Crippen LogP contribution in [0.5, 0.6) is 0 Å². The SMILES string of the molecule is CCC(N)(c1cccc(F)c1)c1cccc(C(F)(F)F)c1. The fraction of sp³-hybridized carbons (Fsp3) is 0.250. The summed E-state index contributed by atoms with van der Waals surface area (Å²) in [5.41, 5.74) is 5.12. The molecule has 0 aliphatic heterocycles. The van der Waals surface area contributed by atoms with E-state index in [9.17, 15) is 17.6 Å². The molecule has 2 aromatic carbocycles. The van der Waals surface area contributed by atoms with Crippen LogP contribution in [0, 0.1) is 5.82 Å². The van der Waals surface area contributed by atoms with Crippen LogP contribution >= 0.6 is 0 Å². The van der Waals surface area contributed by atoms with Crippen molar-refractivity contribution in [3.05, 3.63) is 71.0 Å². The summed E-state index contributed by atoms with van der Waals surface area (Å²) in [5, 5.41) is 0. The van der Waals surface area contributed by atoms with Gasteiger partial charge < -0.3 is 5.73 Å². The molecule has 2 rings (SSSR count). The molecule has 112 valence electrons. The van der Waals surface area contributed by atoms with Gasteiger partial charge in [0, 0.05) is 0 Å². The molecule has 0 fully saturated rings. The van der Waals surface area contributed by atoms with Crippen molar-refractivity contribution in [2.75, 3.05) is 0 Å². The van der Waals surface area contributed by atoms with Crippen molar-refractivity contribution in [3.63, 3.8) is 0 Å². The van der Waals surface area contributed by atoms with Crippen LogP contribution in [0.15, 0.2) is 48.5 Å². The second-order valence-electron chi connectivity index (χ2n) is 4.91. The largest absolute Gasteiger partial charge is 0.416 e. The normalized spacial score (nSPS) is 14.8. The zero-order valence-corrected chi connectivity index (χ0v) is 11.4. The van der Waals surface area contributed by atoms with Crippen LogP contribution in [0.2, 0.25) is 0 Å². The van der Waals surface area contributed by atoms with E-state index in [0.717, 1.165) is 12.1 Å². The first-order chi connectivity index (χ1) is 9.77. The quantitative estimate of drug-likeness (QED) is 0.832. The van der Waals surface area contributed by atoms with Crippen molar-refractivity contribution in [3.8, 4) is 0 Å². The van der Waals surface area contributed by atoms with Gasteiger partial charge in [0.25, 0.3) is 0 Å². The van der Waals surface area contributed by atoms with Crippen LogP contribution in [0.4, 0.5) is 17.6 Å². The Morgan fingerprint density at radius 1 is 0.905 bits per heavy atom. The molecule has 1 unspecified atom stereocenters. The summed E-state index contributed by atoms with van der Waals surface area (Å²) in [4.78, 5) is 0. The van der Waals surface area contributed by atoms with Crippen molar-refractivity contribution < 1.29 is 17.6 Å². The minimum Gasteiger partial charge on any atom is -0.318 e. The van der Waals surface area contributed by atoms with Crippen LogP contribution in [-0.4, -0.2) is 0 Å². The van der Waals surface area contributed by atoms with Crippen LogP contribution in [-0.2, 0) is 11.7 Å². The number of hydrogen-bond donors (Lipinski definition) is 1. The number of alkyl halides is 3. The fourth-order valence-corrected chi connectivity index (χ4v) is 2.31. The Hall–Kier alpha value is -1.88. The monoisotopic (exact) mass is 297 g/mol. The van der Waals surface area contributed by atoms with Gasteiger partial charge in [-0.3, -0.25) is 0 Å². The molecule has 0 heterocycles. The van der Waals surface area contributed by atoms with Gasteiger partial charge in [-0.15, -0.1) is 0 Å². The Kier molecular flexibility index (Phi) is 4.05. The third-order valence-electron chi connectivity index (χ3n) is 3.60. The number of benzene rings is 2. The first kappa shape index (κ1) is 15.5. The first-order valence-electron chi connectivity index (χ1n) is 6.50. The Bertz CT molecular complexity index is 636. The second kappa shape index (κ2) is 5.48. The van der Waals surface area contributed by atoms with Crippen molar-refractivity contribution in [2.45, 2.75) is 25.1 Å². The van der Waals surface area contributed by atoms with Gasteiger partial charge in [0.1, 0.15) is 5.82 Å². The molecular weight excluding hydrogens is 282 g/mol. The van der Waals surface area contributed by atoms with Crippen LogP contribution in [0.3, 0.4) is 0 Å². The summed E-state index contributed by atoms with van der Waals surface area (Å²) >= 11 is 0. The van der Waals surface area contributed by atoms with Crippen molar-refractivity contribution >= 4 is 0 Å². The fourth-order valence-electron chi connectivity index (χ4n) is 2.31. The zero-order chi connectivity index (χ0) is 15.7. The summed E-state index contributed by atoms with van der Waals surface area (Å²) in [6.45, 7) is 1.76. The van der Waals surface area contributed by atoms with E-state index in [1.807, 2.05) is 0 Å². The van der Waals surface area contributed by atoms with E-state index in [4.69, 9.17) is 5.73 Å². The number of rotatable bonds is 3. The molecule has 0 amide bonds. The lowest BCUT2D eigenvalue weighted by Gasteiger charge is -2.30. The number of hydrogen-bond acceptors (Lipinski definition) is 1. The number of nitrogens with two attached hydrogens (primary N) is 1. The zero-order valence-electron chi connectivity index (χ0n) is 11.4. The van der Waals surface area contributed by atoms with Gasteiger partial charge in [0.15, 0.2) is 0 Å². The molecule has 1 nitrogen and oxygen atoms in total. The maximum atomic E-state index is 13.4. The average molecular weight is 297 g/mol. The lowest BCUT2D eigenvalue weighted by atomic mass is 9.81. The molecule has 1 atom stereocenters. The molecule has 2 N–H and O–H groups in total. The standard InChI is InChI=1S/C16H15F4N/c1-2-15(21,12-6-4-8-14(17)10-12)11-5-3-7-13(9-11)16(18,19)20/h3-10H,2,21H2,1H3. The van der Waals surface area contributed by atoms with Crippen LogP contribution in [0.25, 0.3) is 0 Å². The highest BCUT2D eigenvalue weighted by atomic mass is 19.4. The van der Waals surface area contributed by atoms with Crippen LogP contribution in [0.1, 0.15) is 30.0 Å². The van der Waals surface area contributed by atoms with Gasteiger partial charge in [0.05, 0.1) is 11.1 Å². The predicted molar refractivity (Wildman–Crippen MR) is 73.1 cm³/mol. The second-order valence-corrected chi connectivity index (χ2v) is 4.91. The van der Waals surface area contributed by atoms with E-state index < -0.39 is 23.1 Å². The molecule has 0 saturated carbocycles. The third kappa shape index (κ3) is 3.08. The first-order valence-corrected chi connectivity index (χ1v) is 6.50. The van der Waals surface area contributed by atoms with Gasteiger partial charge in [-0.1, -0.05) is 31.2 Å². The van der Waals surface area contributed by atoms with Gasteiger partial charge in [-0.25, -0.2) is 4.39 Å². The van der Waals surface area contributed by atoms with Gasteiger partial charge in [0.2, 0.25) is 0 Å². The molecule has 0 aliphatic rings. The maximum Gasteiger partial charge on any atom is 0.416 e. The summed E-state index contributed by atoms with van der Waals surface area (Å²) in [6, 6.07) is 10.5. The summed E-state index contributed by atoms with van der Waals surface area (Å²) in [6.07, 6.45) is -4.09. The highest BCUT2D eigenvalue weighted by molar-refractivity contribution is 5.40. The van der Waals surface area contributed by atoms with Crippen LogP contribution < -0.4 is 5.73 Å². The molecule has 0 aliphatic carbocycles. The Balaban J connectivity index is 2.55. The predicted octanol–water partition coefficient (Wildman–Crippen LogP) is 4.46. The summed E-state index contributed by atoms with van der Waals surface area (Å²) in [5.74, 6) is -0.470. The molecule has 0 aromatic heterocycles.